The molecule has 94 valence electrons. The Morgan fingerprint density at radius 1 is 1.53 bits per heavy atom. The van der Waals surface area contributed by atoms with E-state index in [0.29, 0.717) is 0 Å². The highest BCUT2D eigenvalue weighted by Crippen LogP contribution is 2.17. The highest BCUT2D eigenvalue weighted by molar-refractivity contribution is 7.89. The van der Waals surface area contributed by atoms with Gasteiger partial charge in [-0.2, -0.15) is 0 Å². The summed E-state index contributed by atoms with van der Waals surface area (Å²) < 4.78 is 24.8. The maximum Gasteiger partial charge on any atom is 0.328 e. The average molecular weight is 275 g/mol. The topological polar surface area (TPSA) is 83.5 Å². The van der Waals surface area contributed by atoms with Gasteiger partial charge < -0.3 is 5.11 Å². The van der Waals surface area contributed by atoms with Crippen LogP contribution in [0.2, 0.25) is 0 Å². The largest absolute Gasteiger partial charge is 0.478 e. The van der Waals surface area contributed by atoms with Gasteiger partial charge in [-0.25, -0.2) is 17.9 Å². The Labute approximate surface area is 104 Å². The molecule has 5 nitrogen and oxygen atoms in total. The molecule has 0 radical (unpaired) electrons. The first-order valence-electron chi connectivity index (χ1n) is 4.90. The predicted octanol–water partition coefficient (Wildman–Crippen LogP) is 1.29. The van der Waals surface area contributed by atoms with Crippen molar-refractivity contribution in [2.24, 2.45) is 0 Å². The number of aliphatic carboxylic acids is 1. The minimum absolute atomic E-state index is 0.0458. The minimum atomic E-state index is -3.19. The van der Waals surface area contributed by atoms with Crippen molar-refractivity contribution in [1.82, 2.24) is 4.72 Å². The predicted molar refractivity (Wildman–Crippen MR) is 67.3 cm³/mol. The summed E-state index contributed by atoms with van der Waals surface area (Å²) in [5.74, 6) is -0.962. The number of hydrogen-bond donors (Lipinski definition) is 2. The Hall–Kier alpha value is -1.18. The molecule has 0 spiro atoms. The fraction of sp³-hybridized carbons (Fsp3) is 0.300. The number of hydrogen-bond acceptors (Lipinski definition) is 4. The summed E-state index contributed by atoms with van der Waals surface area (Å²) in [5, 5.41) is 8.45. The van der Waals surface area contributed by atoms with Crippen LogP contribution in [0.1, 0.15) is 16.7 Å². The zero-order valence-corrected chi connectivity index (χ0v) is 10.8. The summed E-state index contributed by atoms with van der Waals surface area (Å²) >= 11 is 1.35. The number of rotatable bonds is 6. The molecule has 0 saturated carbocycles. The van der Waals surface area contributed by atoms with E-state index in [1.807, 2.05) is 0 Å². The molecule has 0 aliphatic carbocycles. The van der Waals surface area contributed by atoms with E-state index >= 15 is 0 Å². The molecule has 0 amide bonds. The van der Waals surface area contributed by atoms with Crippen LogP contribution in [0.15, 0.2) is 18.2 Å². The van der Waals surface area contributed by atoms with Gasteiger partial charge in [0.2, 0.25) is 10.0 Å². The van der Waals surface area contributed by atoms with Crippen molar-refractivity contribution >= 4 is 33.4 Å². The van der Waals surface area contributed by atoms with Crippen molar-refractivity contribution in [3.63, 3.8) is 0 Å². The zero-order chi connectivity index (χ0) is 12.9. The summed E-state index contributed by atoms with van der Waals surface area (Å²) in [6.45, 7) is 1.81. The summed E-state index contributed by atoms with van der Waals surface area (Å²) in [6.07, 6.45) is 2.52. The minimum Gasteiger partial charge on any atom is -0.478 e. The van der Waals surface area contributed by atoms with Gasteiger partial charge in [0.25, 0.3) is 0 Å². The molecule has 0 unspecified atom stereocenters. The van der Waals surface area contributed by atoms with Crippen LogP contribution in [0, 0.1) is 0 Å². The zero-order valence-electron chi connectivity index (χ0n) is 9.21. The fourth-order valence-electron chi connectivity index (χ4n) is 1.02. The van der Waals surface area contributed by atoms with Gasteiger partial charge in [-0.15, -0.1) is 11.3 Å². The molecule has 7 heteroatoms. The molecule has 0 aliphatic heterocycles. The molecule has 0 aliphatic rings. The van der Waals surface area contributed by atoms with Crippen LogP contribution in [-0.2, 0) is 21.4 Å². The van der Waals surface area contributed by atoms with Crippen molar-refractivity contribution in [3.05, 3.63) is 28.0 Å². The quantitative estimate of drug-likeness (QED) is 0.766. The van der Waals surface area contributed by atoms with E-state index in [1.54, 1.807) is 19.1 Å². The summed E-state index contributed by atoms with van der Waals surface area (Å²) in [5.41, 5.74) is 0. The molecule has 1 aromatic rings. The van der Waals surface area contributed by atoms with Gasteiger partial charge in [-0.3, -0.25) is 0 Å². The second kappa shape index (κ2) is 5.95. The number of thiophene rings is 1. The lowest BCUT2D eigenvalue weighted by atomic mass is 10.4. The van der Waals surface area contributed by atoms with Crippen LogP contribution in [0.5, 0.6) is 0 Å². The Kier molecular flexibility index (Phi) is 4.86. The van der Waals surface area contributed by atoms with E-state index in [0.717, 1.165) is 15.8 Å². The lowest BCUT2D eigenvalue weighted by Gasteiger charge is -2.01. The van der Waals surface area contributed by atoms with E-state index in [-0.39, 0.29) is 12.3 Å². The molecule has 17 heavy (non-hydrogen) atoms. The third-order valence-electron chi connectivity index (χ3n) is 1.92. The SMILES string of the molecule is CCS(=O)(=O)NCc1ccc(C=CC(=O)O)s1. The molecular formula is C10H13NO4S2. The number of carbonyl (C=O) groups is 1. The smallest absolute Gasteiger partial charge is 0.328 e. The lowest BCUT2D eigenvalue weighted by Crippen LogP contribution is -2.24. The molecule has 0 saturated heterocycles. The van der Waals surface area contributed by atoms with Crippen molar-refractivity contribution < 1.29 is 18.3 Å². The molecule has 1 rings (SSSR count). The van der Waals surface area contributed by atoms with Gasteiger partial charge in [0.05, 0.1) is 5.75 Å². The molecule has 0 aromatic carbocycles. The Bertz CT molecular complexity index is 516. The fourth-order valence-corrected chi connectivity index (χ4v) is 2.54. The summed E-state index contributed by atoms with van der Waals surface area (Å²) in [7, 11) is -3.19. The number of sulfonamides is 1. The van der Waals surface area contributed by atoms with Gasteiger partial charge in [-0.1, -0.05) is 0 Å². The van der Waals surface area contributed by atoms with E-state index in [4.69, 9.17) is 5.11 Å². The lowest BCUT2D eigenvalue weighted by molar-refractivity contribution is -0.131. The Morgan fingerprint density at radius 2 is 2.24 bits per heavy atom. The van der Waals surface area contributed by atoms with Gasteiger partial charge in [0.1, 0.15) is 0 Å². The van der Waals surface area contributed by atoms with Crippen LogP contribution >= 0.6 is 11.3 Å². The van der Waals surface area contributed by atoms with E-state index < -0.39 is 16.0 Å². The average Bonchev–Trinajstić information content (AvgIpc) is 2.72. The Balaban J connectivity index is 2.60. The van der Waals surface area contributed by atoms with E-state index in [9.17, 15) is 13.2 Å². The van der Waals surface area contributed by atoms with Crippen molar-refractivity contribution in [2.75, 3.05) is 5.75 Å². The van der Waals surface area contributed by atoms with Crippen LogP contribution in [-0.4, -0.2) is 25.2 Å². The molecule has 1 heterocycles. The molecular weight excluding hydrogens is 262 g/mol. The maximum atomic E-state index is 11.2. The number of carboxylic acid groups (broad SMARTS) is 1. The van der Waals surface area contributed by atoms with Crippen LogP contribution in [0.4, 0.5) is 0 Å². The third kappa shape index (κ3) is 5.12. The van der Waals surface area contributed by atoms with Crippen LogP contribution in [0.3, 0.4) is 0 Å². The second-order valence-electron chi connectivity index (χ2n) is 3.20. The molecule has 0 atom stereocenters. The Morgan fingerprint density at radius 3 is 2.82 bits per heavy atom. The monoisotopic (exact) mass is 275 g/mol. The summed E-state index contributed by atoms with van der Waals surface area (Å²) in [6, 6.07) is 3.52. The highest BCUT2D eigenvalue weighted by Gasteiger charge is 2.06. The third-order valence-corrected chi connectivity index (χ3v) is 4.31. The van der Waals surface area contributed by atoms with E-state index in [1.165, 1.54) is 17.4 Å². The van der Waals surface area contributed by atoms with Crippen LogP contribution in [0.25, 0.3) is 6.08 Å². The summed E-state index contributed by atoms with van der Waals surface area (Å²) in [4.78, 5) is 11.9. The normalized spacial score (nSPS) is 12.1. The molecule has 0 fully saturated rings. The van der Waals surface area contributed by atoms with Gasteiger partial charge in [0.15, 0.2) is 0 Å². The second-order valence-corrected chi connectivity index (χ2v) is 6.50. The molecule has 0 bridgehead atoms. The van der Waals surface area contributed by atoms with Crippen molar-refractivity contribution in [2.45, 2.75) is 13.5 Å². The molecule has 1 aromatic heterocycles. The van der Waals surface area contributed by atoms with Gasteiger partial charge >= 0.3 is 5.97 Å². The first-order chi connectivity index (χ1) is 7.93. The highest BCUT2D eigenvalue weighted by atomic mass is 32.2. The van der Waals surface area contributed by atoms with E-state index in [2.05, 4.69) is 4.72 Å². The van der Waals surface area contributed by atoms with Gasteiger partial charge in [0, 0.05) is 22.4 Å². The van der Waals surface area contributed by atoms with Crippen molar-refractivity contribution in [1.29, 1.82) is 0 Å². The number of nitrogens with one attached hydrogen (secondary N) is 1. The standard InChI is InChI=1S/C10H13NO4S2/c1-2-17(14,15)11-7-9-4-3-8(16-9)5-6-10(12)13/h3-6,11H,2,7H2,1H3,(H,12,13). The van der Waals surface area contributed by atoms with Gasteiger partial charge in [-0.05, 0) is 25.1 Å². The number of carboxylic acids is 1. The maximum absolute atomic E-state index is 11.2. The molecule has 2 N–H and O–H groups in total. The first kappa shape index (κ1) is 13.9. The van der Waals surface area contributed by atoms with Crippen molar-refractivity contribution in [3.8, 4) is 0 Å². The van der Waals surface area contributed by atoms with Crippen LogP contribution < -0.4 is 4.72 Å². The first-order valence-corrected chi connectivity index (χ1v) is 7.37.